The number of aliphatic hydroxyl groups is 1. The fourth-order valence-electron chi connectivity index (χ4n) is 1.93. The number of thiazole rings is 1. The molecule has 0 fully saturated rings. The third kappa shape index (κ3) is 3.93. The molecule has 0 saturated heterocycles. The predicted molar refractivity (Wildman–Crippen MR) is 95.4 cm³/mol. The molecule has 2 aromatic carbocycles. The van der Waals surface area contributed by atoms with Crippen LogP contribution >= 0.6 is 34.7 Å². The largest absolute Gasteiger partial charge is 0.390 e. The van der Waals surface area contributed by atoms with Gasteiger partial charge in [0.25, 0.3) is 0 Å². The van der Waals surface area contributed by atoms with Crippen LogP contribution in [0.15, 0.2) is 57.8 Å². The van der Waals surface area contributed by atoms with E-state index >= 15 is 0 Å². The summed E-state index contributed by atoms with van der Waals surface area (Å²) in [5.74, 6) is 0.235. The van der Waals surface area contributed by atoms with Gasteiger partial charge in [-0.1, -0.05) is 23.9 Å². The summed E-state index contributed by atoms with van der Waals surface area (Å²) in [6.45, 7) is 0.452. The van der Waals surface area contributed by atoms with Crippen molar-refractivity contribution in [2.24, 2.45) is 0 Å². The highest BCUT2D eigenvalue weighted by Crippen LogP contribution is 2.34. The van der Waals surface area contributed by atoms with Gasteiger partial charge in [0.05, 0.1) is 22.2 Å². The molecule has 3 rings (SSSR count). The number of aromatic nitrogens is 1. The Bertz CT molecular complexity index is 712. The summed E-state index contributed by atoms with van der Waals surface area (Å²) < 4.78 is 2.25. The average Bonchev–Trinajstić information content (AvgIpc) is 2.96. The Morgan fingerprint density at radius 2 is 1.95 bits per heavy atom. The van der Waals surface area contributed by atoms with Crippen LogP contribution in [0.4, 0.5) is 5.69 Å². The number of alkyl halides is 1. The Morgan fingerprint density at radius 1 is 1.18 bits per heavy atom. The Kier molecular flexibility index (Phi) is 5.20. The van der Waals surface area contributed by atoms with Gasteiger partial charge >= 0.3 is 0 Å². The topological polar surface area (TPSA) is 45.1 Å². The molecule has 0 saturated carbocycles. The molecule has 1 atom stereocenters. The summed E-state index contributed by atoms with van der Waals surface area (Å²) >= 11 is 8.93. The van der Waals surface area contributed by atoms with Crippen LogP contribution in [0.2, 0.25) is 0 Å². The van der Waals surface area contributed by atoms with E-state index in [4.69, 9.17) is 11.6 Å². The van der Waals surface area contributed by atoms with Crippen molar-refractivity contribution in [1.82, 2.24) is 4.98 Å². The lowest BCUT2D eigenvalue weighted by atomic mass is 10.3. The Morgan fingerprint density at radius 3 is 2.68 bits per heavy atom. The van der Waals surface area contributed by atoms with Gasteiger partial charge in [-0.15, -0.1) is 22.9 Å². The van der Waals surface area contributed by atoms with Crippen LogP contribution < -0.4 is 5.32 Å². The second kappa shape index (κ2) is 7.33. The zero-order valence-electron chi connectivity index (χ0n) is 11.7. The fourth-order valence-corrected chi connectivity index (χ4v) is 4.08. The SMILES string of the molecule is OC(CCl)CNc1ccc(Sc2nc3ccccc3s2)cc1. The maximum Gasteiger partial charge on any atom is 0.155 e. The first kappa shape index (κ1) is 15.6. The smallest absolute Gasteiger partial charge is 0.155 e. The van der Waals surface area contributed by atoms with Gasteiger partial charge in [0, 0.05) is 17.1 Å². The Balaban J connectivity index is 1.65. The van der Waals surface area contributed by atoms with Gasteiger partial charge in [0.2, 0.25) is 0 Å². The van der Waals surface area contributed by atoms with Crippen molar-refractivity contribution < 1.29 is 5.11 Å². The van der Waals surface area contributed by atoms with Gasteiger partial charge in [0.15, 0.2) is 4.34 Å². The van der Waals surface area contributed by atoms with Crippen LogP contribution in [0, 0.1) is 0 Å². The second-order valence-corrected chi connectivity index (χ2v) is 7.42. The summed E-state index contributed by atoms with van der Waals surface area (Å²) in [6, 6.07) is 16.2. The zero-order chi connectivity index (χ0) is 15.4. The first-order valence-corrected chi connectivity index (χ1v) is 9.03. The number of halogens is 1. The van der Waals surface area contributed by atoms with Gasteiger partial charge in [-0.25, -0.2) is 4.98 Å². The summed E-state index contributed by atoms with van der Waals surface area (Å²) in [7, 11) is 0. The molecule has 0 radical (unpaired) electrons. The number of nitrogens with one attached hydrogen (secondary N) is 1. The van der Waals surface area contributed by atoms with Gasteiger partial charge in [-0.3, -0.25) is 0 Å². The standard InChI is InChI=1S/C16H15ClN2OS2/c17-9-12(20)10-18-11-5-7-13(8-6-11)21-16-19-14-3-1-2-4-15(14)22-16/h1-8,12,18,20H,9-10H2. The molecule has 3 aromatic rings. The van der Waals surface area contributed by atoms with Crippen molar-refractivity contribution in [1.29, 1.82) is 0 Å². The van der Waals surface area contributed by atoms with E-state index in [1.54, 1.807) is 23.1 Å². The van der Waals surface area contributed by atoms with Crippen molar-refractivity contribution in [2.75, 3.05) is 17.7 Å². The molecule has 2 N–H and O–H groups in total. The minimum Gasteiger partial charge on any atom is -0.390 e. The monoisotopic (exact) mass is 350 g/mol. The number of rotatable bonds is 6. The molecule has 0 aliphatic carbocycles. The second-order valence-electron chi connectivity index (χ2n) is 4.76. The molecule has 0 aliphatic rings. The quantitative estimate of drug-likeness (QED) is 0.644. The summed E-state index contributed by atoms with van der Waals surface area (Å²) in [4.78, 5) is 5.76. The number of hydrogen-bond donors (Lipinski definition) is 2. The van der Waals surface area contributed by atoms with Crippen LogP contribution in [-0.4, -0.2) is 28.6 Å². The number of benzene rings is 2. The van der Waals surface area contributed by atoms with E-state index < -0.39 is 6.10 Å². The molecule has 0 amide bonds. The van der Waals surface area contributed by atoms with E-state index in [9.17, 15) is 5.11 Å². The van der Waals surface area contributed by atoms with Crippen LogP contribution in [0.3, 0.4) is 0 Å². The molecule has 6 heteroatoms. The van der Waals surface area contributed by atoms with Crippen molar-refractivity contribution in [3.8, 4) is 0 Å². The first-order chi connectivity index (χ1) is 10.7. The van der Waals surface area contributed by atoms with Crippen LogP contribution in [-0.2, 0) is 0 Å². The van der Waals surface area contributed by atoms with Crippen LogP contribution in [0.25, 0.3) is 10.2 Å². The highest BCUT2D eigenvalue weighted by molar-refractivity contribution is 8.01. The van der Waals surface area contributed by atoms with Crippen molar-refractivity contribution >= 4 is 50.6 Å². The number of anilines is 1. The third-order valence-corrected chi connectivity index (χ3v) is 5.51. The predicted octanol–water partition coefficient (Wildman–Crippen LogP) is 4.46. The molecule has 1 aromatic heterocycles. The molecule has 1 heterocycles. The lowest BCUT2D eigenvalue weighted by Gasteiger charge is -2.10. The summed E-state index contributed by atoms with van der Waals surface area (Å²) in [5.41, 5.74) is 2.01. The summed E-state index contributed by atoms with van der Waals surface area (Å²) in [6.07, 6.45) is -0.529. The summed E-state index contributed by atoms with van der Waals surface area (Å²) in [5, 5.41) is 12.6. The lowest BCUT2D eigenvalue weighted by Crippen LogP contribution is -2.20. The molecule has 0 aliphatic heterocycles. The van der Waals surface area contributed by atoms with Crippen molar-refractivity contribution in [3.63, 3.8) is 0 Å². The molecular weight excluding hydrogens is 336 g/mol. The molecule has 3 nitrogen and oxygen atoms in total. The first-order valence-electron chi connectivity index (χ1n) is 6.86. The van der Waals surface area contributed by atoms with Gasteiger partial charge in [-0.2, -0.15) is 0 Å². The maximum absolute atomic E-state index is 9.43. The normalized spacial score (nSPS) is 12.5. The number of para-hydroxylation sites is 1. The third-order valence-electron chi connectivity index (χ3n) is 3.05. The number of nitrogens with zero attached hydrogens (tertiary/aromatic N) is 1. The van der Waals surface area contributed by atoms with Crippen molar-refractivity contribution in [3.05, 3.63) is 48.5 Å². The van der Waals surface area contributed by atoms with Gasteiger partial charge < -0.3 is 10.4 Å². The molecular formula is C16H15ClN2OS2. The number of aliphatic hydroxyl groups excluding tert-OH is 1. The van der Waals surface area contributed by atoms with E-state index in [-0.39, 0.29) is 5.88 Å². The number of hydrogen-bond acceptors (Lipinski definition) is 5. The maximum atomic E-state index is 9.43. The van der Waals surface area contributed by atoms with Crippen LogP contribution in [0.1, 0.15) is 0 Å². The molecule has 0 spiro atoms. The highest BCUT2D eigenvalue weighted by atomic mass is 35.5. The van der Waals surface area contributed by atoms with E-state index in [1.165, 1.54) is 4.70 Å². The minimum absolute atomic E-state index is 0.235. The van der Waals surface area contributed by atoms with E-state index in [0.29, 0.717) is 6.54 Å². The van der Waals surface area contributed by atoms with Crippen molar-refractivity contribution in [2.45, 2.75) is 15.3 Å². The molecule has 1 unspecified atom stereocenters. The number of fused-ring (bicyclic) bond motifs is 1. The minimum atomic E-state index is -0.529. The van der Waals surface area contributed by atoms with E-state index in [0.717, 1.165) is 20.4 Å². The average molecular weight is 351 g/mol. The van der Waals surface area contributed by atoms with Crippen LogP contribution in [0.5, 0.6) is 0 Å². The Labute approximate surface area is 142 Å². The molecule has 114 valence electrons. The fraction of sp³-hybridized carbons (Fsp3) is 0.188. The van der Waals surface area contributed by atoms with E-state index in [2.05, 4.69) is 16.4 Å². The van der Waals surface area contributed by atoms with Gasteiger partial charge in [-0.05, 0) is 36.4 Å². The zero-order valence-corrected chi connectivity index (χ0v) is 14.1. The highest BCUT2D eigenvalue weighted by Gasteiger charge is 2.06. The molecule has 0 bridgehead atoms. The Hall–Kier alpha value is -1.27. The lowest BCUT2D eigenvalue weighted by molar-refractivity contribution is 0.211. The van der Waals surface area contributed by atoms with Gasteiger partial charge in [0.1, 0.15) is 0 Å². The molecule has 22 heavy (non-hydrogen) atoms. The van der Waals surface area contributed by atoms with E-state index in [1.807, 2.05) is 42.5 Å².